The van der Waals surface area contributed by atoms with E-state index in [0.717, 1.165) is 29.9 Å². The Labute approximate surface area is 174 Å². The summed E-state index contributed by atoms with van der Waals surface area (Å²) in [6.45, 7) is 2.85. The molecule has 1 N–H and O–H groups in total. The van der Waals surface area contributed by atoms with Crippen LogP contribution in [-0.4, -0.2) is 78.4 Å². The van der Waals surface area contributed by atoms with Crippen molar-refractivity contribution in [1.29, 1.82) is 0 Å². The Morgan fingerprint density at radius 1 is 1.07 bits per heavy atom. The van der Waals surface area contributed by atoms with Gasteiger partial charge in [0.1, 0.15) is 0 Å². The molecule has 1 fully saturated rings. The van der Waals surface area contributed by atoms with E-state index in [0.29, 0.717) is 31.8 Å². The monoisotopic (exact) mass is 426 g/mol. The molecule has 2 aromatic rings. The lowest BCUT2D eigenvalue weighted by molar-refractivity contribution is -0.126. The van der Waals surface area contributed by atoms with Crippen molar-refractivity contribution in [2.45, 2.75) is 6.42 Å². The fourth-order valence-corrected chi connectivity index (χ4v) is 4.96. The molecule has 1 aromatic heterocycles. The number of benzene rings is 1. The van der Waals surface area contributed by atoms with E-state index < -0.39 is 10.0 Å². The number of H-pyrrole nitrogens is 1. The van der Waals surface area contributed by atoms with Crippen molar-refractivity contribution < 1.29 is 13.2 Å². The van der Waals surface area contributed by atoms with Crippen LogP contribution >= 0.6 is 0 Å². The minimum atomic E-state index is -3.53. The zero-order valence-corrected chi connectivity index (χ0v) is 17.2. The number of carbonyl (C=O) groups is 1. The van der Waals surface area contributed by atoms with Crippen LogP contribution in [-0.2, 0) is 14.8 Å². The van der Waals surface area contributed by atoms with Crippen LogP contribution in [0.15, 0.2) is 52.6 Å². The highest BCUT2D eigenvalue weighted by Gasteiger charge is 2.32. The first-order valence-corrected chi connectivity index (χ1v) is 11.6. The summed E-state index contributed by atoms with van der Waals surface area (Å²) in [6.07, 6.45) is 5.97. The molecule has 0 unspecified atom stereocenters. The number of fused-ring (bicyclic) bond motifs is 2. The number of para-hydroxylation sites is 2. The molecule has 30 heavy (non-hydrogen) atoms. The van der Waals surface area contributed by atoms with E-state index in [4.69, 9.17) is 0 Å². The molecule has 1 amide bonds. The number of hydrogen-bond acceptors (Lipinski definition) is 6. The van der Waals surface area contributed by atoms with E-state index in [1.165, 1.54) is 0 Å². The van der Waals surface area contributed by atoms with Crippen LogP contribution in [0.1, 0.15) is 6.42 Å². The smallest absolute Gasteiger partial charge is 0.257 e. The third-order valence-corrected chi connectivity index (χ3v) is 6.70. The standard InChI is InChI=1S/C20H22N6O3S/c27-19(15-5-3-8-24-13-14-30(28,29)23-18(15)24)25-9-4-10-26(12-11-25)20-21-16-6-1-2-7-17(16)22-20/h1-3,5-8H,4,9-14H2,(H,21,22). The maximum absolute atomic E-state index is 13.2. The van der Waals surface area contributed by atoms with Gasteiger partial charge >= 0.3 is 0 Å². The van der Waals surface area contributed by atoms with Gasteiger partial charge in [-0.2, -0.15) is 0 Å². The SMILES string of the molecule is O=C(C1=CC=CN2CCS(=O)(=O)N=C12)N1CCCN(c2nc3ccccc3[nH]2)CC1. The molecule has 0 radical (unpaired) electrons. The number of amidine groups is 1. The number of aromatic nitrogens is 2. The number of hydrogen-bond donors (Lipinski definition) is 1. The lowest BCUT2D eigenvalue weighted by Crippen LogP contribution is -2.44. The predicted octanol–water partition coefficient (Wildman–Crippen LogP) is 1.10. The van der Waals surface area contributed by atoms with Crippen molar-refractivity contribution in [3.05, 3.63) is 48.2 Å². The fraction of sp³-hybridized carbons (Fsp3) is 0.350. The highest BCUT2D eigenvalue weighted by molar-refractivity contribution is 7.90. The summed E-state index contributed by atoms with van der Waals surface area (Å²) in [5.41, 5.74) is 2.24. The molecule has 3 aliphatic rings. The third-order valence-electron chi connectivity index (χ3n) is 5.55. The van der Waals surface area contributed by atoms with Crippen LogP contribution in [0.5, 0.6) is 0 Å². The molecule has 156 valence electrons. The summed E-state index contributed by atoms with van der Waals surface area (Å²) in [6, 6.07) is 7.89. The van der Waals surface area contributed by atoms with Crippen LogP contribution in [0.25, 0.3) is 11.0 Å². The normalized spacial score (nSPS) is 21.1. The summed E-state index contributed by atoms with van der Waals surface area (Å²) in [4.78, 5) is 26.9. The highest BCUT2D eigenvalue weighted by atomic mass is 32.2. The summed E-state index contributed by atoms with van der Waals surface area (Å²) in [5, 5.41) is 0. The Morgan fingerprint density at radius 3 is 2.80 bits per heavy atom. The van der Waals surface area contributed by atoms with Gasteiger partial charge in [0.05, 0.1) is 22.4 Å². The minimum Gasteiger partial charge on any atom is -0.341 e. The summed E-state index contributed by atoms with van der Waals surface area (Å²) >= 11 is 0. The number of nitrogens with zero attached hydrogens (tertiary/aromatic N) is 5. The molecular weight excluding hydrogens is 404 g/mol. The summed E-state index contributed by atoms with van der Waals surface area (Å²) < 4.78 is 27.8. The molecule has 4 heterocycles. The van der Waals surface area contributed by atoms with Crippen LogP contribution < -0.4 is 4.90 Å². The Balaban J connectivity index is 1.34. The van der Waals surface area contributed by atoms with Gasteiger partial charge in [0.2, 0.25) is 5.95 Å². The number of nitrogens with one attached hydrogen (secondary N) is 1. The first-order valence-electron chi connectivity index (χ1n) is 9.97. The van der Waals surface area contributed by atoms with E-state index in [9.17, 15) is 13.2 Å². The molecule has 0 bridgehead atoms. The summed E-state index contributed by atoms with van der Waals surface area (Å²) in [7, 11) is -3.53. The van der Waals surface area contributed by atoms with Gasteiger partial charge in [-0.15, -0.1) is 4.40 Å². The topological polar surface area (TPSA) is 102 Å². The van der Waals surface area contributed by atoms with Gasteiger partial charge in [0.25, 0.3) is 15.9 Å². The van der Waals surface area contributed by atoms with Gasteiger partial charge in [-0.1, -0.05) is 12.1 Å². The number of carbonyl (C=O) groups excluding carboxylic acids is 1. The maximum Gasteiger partial charge on any atom is 0.257 e. The largest absolute Gasteiger partial charge is 0.341 e. The second-order valence-electron chi connectivity index (χ2n) is 7.53. The number of imidazole rings is 1. The second-order valence-corrected chi connectivity index (χ2v) is 9.28. The highest BCUT2D eigenvalue weighted by Crippen LogP contribution is 2.22. The van der Waals surface area contributed by atoms with Crippen LogP contribution in [0, 0.1) is 0 Å². The van der Waals surface area contributed by atoms with E-state index in [1.54, 1.807) is 28.2 Å². The lowest BCUT2D eigenvalue weighted by atomic mass is 10.1. The lowest BCUT2D eigenvalue weighted by Gasteiger charge is -2.31. The quantitative estimate of drug-likeness (QED) is 0.772. The number of allylic oxidation sites excluding steroid dienone is 2. The number of rotatable bonds is 2. The number of anilines is 1. The molecule has 10 heteroatoms. The summed E-state index contributed by atoms with van der Waals surface area (Å²) in [5.74, 6) is 0.802. The average molecular weight is 427 g/mol. The van der Waals surface area contributed by atoms with Gasteiger partial charge in [-0.25, -0.2) is 13.4 Å². The number of amides is 1. The van der Waals surface area contributed by atoms with Crippen LogP contribution in [0.4, 0.5) is 5.95 Å². The third kappa shape index (κ3) is 3.47. The van der Waals surface area contributed by atoms with Gasteiger partial charge < -0.3 is 19.7 Å². The molecule has 1 aromatic carbocycles. The molecule has 3 aliphatic heterocycles. The van der Waals surface area contributed by atoms with Crippen molar-refractivity contribution >= 4 is 38.7 Å². The fourth-order valence-electron chi connectivity index (χ4n) is 3.97. The van der Waals surface area contributed by atoms with E-state index in [1.807, 2.05) is 24.3 Å². The average Bonchev–Trinajstić information content (AvgIpc) is 3.01. The molecule has 5 rings (SSSR count). The van der Waals surface area contributed by atoms with E-state index in [-0.39, 0.29) is 17.5 Å². The van der Waals surface area contributed by atoms with Crippen molar-refractivity contribution in [1.82, 2.24) is 19.8 Å². The van der Waals surface area contributed by atoms with Crippen LogP contribution in [0.2, 0.25) is 0 Å². The van der Waals surface area contributed by atoms with E-state index in [2.05, 4.69) is 19.3 Å². The van der Waals surface area contributed by atoms with Gasteiger partial charge in [-0.05, 0) is 30.7 Å². The van der Waals surface area contributed by atoms with Crippen LogP contribution in [0.3, 0.4) is 0 Å². The minimum absolute atomic E-state index is 0.0432. The molecule has 0 atom stereocenters. The van der Waals surface area contributed by atoms with Crippen molar-refractivity contribution in [3.8, 4) is 0 Å². The number of aromatic amines is 1. The zero-order valence-electron chi connectivity index (χ0n) is 16.4. The Kier molecular flexibility index (Phi) is 4.58. The molecule has 9 nitrogen and oxygen atoms in total. The first-order chi connectivity index (χ1) is 14.5. The maximum atomic E-state index is 13.2. The molecular formula is C20H22N6O3S. The van der Waals surface area contributed by atoms with Gasteiger partial charge in [0, 0.05) is 38.9 Å². The molecule has 0 aliphatic carbocycles. The predicted molar refractivity (Wildman–Crippen MR) is 115 cm³/mol. The molecule has 0 spiro atoms. The first kappa shape index (κ1) is 18.9. The second kappa shape index (κ2) is 7.28. The van der Waals surface area contributed by atoms with Gasteiger partial charge in [-0.3, -0.25) is 4.79 Å². The van der Waals surface area contributed by atoms with Crippen molar-refractivity contribution in [3.63, 3.8) is 0 Å². The van der Waals surface area contributed by atoms with Crippen molar-refractivity contribution in [2.75, 3.05) is 43.4 Å². The Morgan fingerprint density at radius 2 is 1.93 bits per heavy atom. The number of sulfonamides is 1. The van der Waals surface area contributed by atoms with Crippen molar-refractivity contribution in [2.24, 2.45) is 4.40 Å². The molecule has 0 saturated carbocycles. The molecule has 1 saturated heterocycles. The Hall–Kier alpha value is -3.14. The Bertz CT molecular complexity index is 1160. The zero-order chi connectivity index (χ0) is 20.7. The van der Waals surface area contributed by atoms with Gasteiger partial charge in [0.15, 0.2) is 5.84 Å². The van der Waals surface area contributed by atoms with E-state index >= 15 is 0 Å².